The lowest BCUT2D eigenvalue weighted by molar-refractivity contribution is -0.142. The van der Waals surface area contributed by atoms with E-state index in [-0.39, 0.29) is 6.03 Å². The Morgan fingerprint density at radius 3 is 1.95 bits per heavy atom. The summed E-state index contributed by atoms with van der Waals surface area (Å²) in [6, 6.07) is -0.832. The van der Waals surface area contributed by atoms with Gasteiger partial charge in [-0.3, -0.25) is 0 Å². The SMILES string of the molecule is CCC(C(=O)O)N(C)C(=O)N(CC1CC1)CC1CC1. The molecule has 2 aliphatic carbocycles. The molecule has 2 aliphatic rings. The van der Waals surface area contributed by atoms with E-state index in [1.54, 1.807) is 14.0 Å². The highest BCUT2D eigenvalue weighted by Crippen LogP contribution is 2.34. The molecular weight excluding hydrogens is 244 g/mol. The number of nitrogens with zero attached hydrogens (tertiary/aromatic N) is 2. The fourth-order valence-electron chi connectivity index (χ4n) is 2.43. The average Bonchev–Trinajstić information content (AvgIpc) is 3.22. The van der Waals surface area contributed by atoms with Crippen molar-refractivity contribution in [1.29, 1.82) is 0 Å². The molecule has 19 heavy (non-hydrogen) atoms. The van der Waals surface area contributed by atoms with Crippen molar-refractivity contribution in [2.75, 3.05) is 20.1 Å². The number of carbonyl (C=O) groups excluding carboxylic acids is 1. The quantitative estimate of drug-likeness (QED) is 0.768. The first kappa shape index (κ1) is 14.2. The predicted octanol–water partition coefficient (Wildman–Crippen LogP) is 2.02. The van der Waals surface area contributed by atoms with Crippen molar-refractivity contribution in [3.05, 3.63) is 0 Å². The van der Waals surface area contributed by atoms with Crippen molar-refractivity contribution in [3.63, 3.8) is 0 Å². The molecule has 1 N–H and O–H groups in total. The lowest BCUT2D eigenvalue weighted by Gasteiger charge is -2.31. The van der Waals surface area contributed by atoms with E-state index in [9.17, 15) is 9.59 Å². The zero-order valence-electron chi connectivity index (χ0n) is 11.8. The highest BCUT2D eigenvalue weighted by molar-refractivity contribution is 5.82. The summed E-state index contributed by atoms with van der Waals surface area (Å²) >= 11 is 0. The third-order valence-corrected chi connectivity index (χ3v) is 4.06. The number of carboxylic acid groups (broad SMARTS) is 1. The zero-order valence-corrected chi connectivity index (χ0v) is 11.8. The van der Waals surface area contributed by atoms with Gasteiger partial charge in [0.25, 0.3) is 0 Å². The van der Waals surface area contributed by atoms with Gasteiger partial charge in [-0.2, -0.15) is 0 Å². The third kappa shape index (κ3) is 3.85. The van der Waals surface area contributed by atoms with Crippen molar-refractivity contribution in [2.45, 2.75) is 45.1 Å². The number of carboxylic acids is 1. The first-order valence-corrected chi connectivity index (χ1v) is 7.27. The number of aliphatic carboxylic acids is 1. The van der Waals surface area contributed by atoms with Gasteiger partial charge in [0.15, 0.2) is 0 Å². The second-order valence-corrected chi connectivity index (χ2v) is 5.95. The van der Waals surface area contributed by atoms with E-state index in [2.05, 4.69) is 0 Å². The fourth-order valence-corrected chi connectivity index (χ4v) is 2.43. The molecule has 0 aromatic carbocycles. The van der Waals surface area contributed by atoms with Crippen LogP contribution in [0.25, 0.3) is 0 Å². The molecule has 0 spiro atoms. The van der Waals surface area contributed by atoms with Crippen LogP contribution in [0.3, 0.4) is 0 Å². The molecule has 0 bridgehead atoms. The number of urea groups is 1. The van der Waals surface area contributed by atoms with E-state index in [1.165, 1.54) is 30.6 Å². The van der Waals surface area contributed by atoms with E-state index in [0.717, 1.165) is 13.1 Å². The lowest BCUT2D eigenvalue weighted by atomic mass is 10.2. The monoisotopic (exact) mass is 268 g/mol. The van der Waals surface area contributed by atoms with Gasteiger partial charge in [0.2, 0.25) is 0 Å². The normalized spacial score (nSPS) is 19.9. The summed E-state index contributed by atoms with van der Waals surface area (Å²) in [5.74, 6) is 0.359. The zero-order chi connectivity index (χ0) is 14.0. The molecule has 2 saturated carbocycles. The van der Waals surface area contributed by atoms with Crippen LogP contribution in [0.4, 0.5) is 4.79 Å². The van der Waals surface area contributed by atoms with Crippen LogP contribution in [0, 0.1) is 11.8 Å². The minimum absolute atomic E-state index is 0.118. The Bertz CT molecular complexity index is 337. The Hall–Kier alpha value is -1.26. The van der Waals surface area contributed by atoms with Crippen molar-refractivity contribution in [1.82, 2.24) is 9.80 Å². The van der Waals surface area contributed by atoms with Gasteiger partial charge in [0.05, 0.1) is 0 Å². The van der Waals surface area contributed by atoms with E-state index in [0.29, 0.717) is 18.3 Å². The summed E-state index contributed by atoms with van der Waals surface area (Å²) < 4.78 is 0. The number of likely N-dealkylation sites (N-methyl/N-ethyl adjacent to an activating group) is 1. The minimum Gasteiger partial charge on any atom is -0.480 e. The average molecular weight is 268 g/mol. The topological polar surface area (TPSA) is 60.9 Å². The van der Waals surface area contributed by atoms with Gasteiger partial charge in [-0.05, 0) is 43.9 Å². The molecule has 108 valence electrons. The van der Waals surface area contributed by atoms with Crippen LogP contribution in [-0.2, 0) is 4.79 Å². The summed E-state index contributed by atoms with van der Waals surface area (Å²) in [6.45, 7) is 3.40. The molecule has 2 amide bonds. The summed E-state index contributed by atoms with van der Waals surface area (Å²) in [5, 5.41) is 9.15. The van der Waals surface area contributed by atoms with Crippen molar-refractivity contribution >= 4 is 12.0 Å². The standard InChI is InChI=1S/C14H24N2O3/c1-3-12(13(17)18)15(2)14(19)16(8-10-4-5-10)9-11-6-7-11/h10-12H,3-9H2,1-2H3,(H,17,18). The number of rotatable bonds is 7. The van der Waals surface area contributed by atoms with Crippen molar-refractivity contribution in [3.8, 4) is 0 Å². The molecule has 5 nitrogen and oxygen atoms in total. The second kappa shape index (κ2) is 5.80. The summed E-state index contributed by atoms with van der Waals surface area (Å²) in [7, 11) is 1.61. The summed E-state index contributed by atoms with van der Waals surface area (Å²) in [5.41, 5.74) is 0. The van der Waals surface area contributed by atoms with Gasteiger partial charge in [-0.15, -0.1) is 0 Å². The first-order valence-electron chi connectivity index (χ1n) is 7.27. The predicted molar refractivity (Wildman–Crippen MR) is 71.9 cm³/mol. The van der Waals surface area contributed by atoms with Crippen LogP contribution in [0.5, 0.6) is 0 Å². The largest absolute Gasteiger partial charge is 0.480 e. The van der Waals surface area contributed by atoms with E-state index >= 15 is 0 Å². The molecule has 5 heteroatoms. The molecule has 0 saturated heterocycles. The second-order valence-electron chi connectivity index (χ2n) is 5.95. The number of carbonyl (C=O) groups is 2. The maximum Gasteiger partial charge on any atom is 0.326 e. The highest BCUT2D eigenvalue weighted by Gasteiger charge is 2.35. The fraction of sp³-hybridized carbons (Fsp3) is 0.857. The first-order chi connectivity index (χ1) is 9.02. The maximum absolute atomic E-state index is 12.5. The molecule has 1 unspecified atom stereocenters. The smallest absolute Gasteiger partial charge is 0.326 e. The number of amides is 2. The molecule has 0 aliphatic heterocycles. The van der Waals surface area contributed by atoms with Crippen LogP contribution in [0.2, 0.25) is 0 Å². The van der Waals surface area contributed by atoms with E-state index in [4.69, 9.17) is 5.11 Å². The van der Waals surface area contributed by atoms with Gasteiger partial charge in [0, 0.05) is 20.1 Å². The summed E-state index contributed by atoms with van der Waals surface area (Å²) in [6.07, 6.45) is 5.25. The van der Waals surface area contributed by atoms with Gasteiger partial charge in [-0.1, -0.05) is 6.92 Å². The minimum atomic E-state index is -0.920. The lowest BCUT2D eigenvalue weighted by Crippen LogP contribution is -2.49. The Balaban J connectivity index is 1.96. The Kier molecular flexibility index (Phi) is 4.32. The van der Waals surface area contributed by atoms with E-state index < -0.39 is 12.0 Å². The number of hydrogen-bond donors (Lipinski definition) is 1. The third-order valence-electron chi connectivity index (χ3n) is 4.06. The molecule has 0 aromatic heterocycles. The Morgan fingerprint density at radius 1 is 1.16 bits per heavy atom. The maximum atomic E-state index is 12.5. The molecule has 1 atom stereocenters. The van der Waals surface area contributed by atoms with Crippen LogP contribution >= 0.6 is 0 Å². The van der Waals surface area contributed by atoms with Gasteiger partial charge in [0.1, 0.15) is 6.04 Å². The van der Waals surface area contributed by atoms with Crippen molar-refractivity contribution in [2.24, 2.45) is 11.8 Å². The van der Waals surface area contributed by atoms with Crippen LogP contribution in [0.15, 0.2) is 0 Å². The van der Waals surface area contributed by atoms with E-state index in [1.807, 2.05) is 4.90 Å². The number of hydrogen-bond acceptors (Lipinski definition) is 2. The molecule has 0 heterocycles. The van der Waals surface area contributed by atoms with Crippen LogP contribution < -0.4 is 0 Å². The van der Waals surface area contributed by atoms with Crippen LogP contribution in [-0.4, -0.2) is 53.1 Å². The van der Waals surface area contributed by atoms with Crippen LogP contribution in [0.1, 0.15) is 39.0 Å². The Labute approximate surface area is 114 Å². The molecular formula is C14H24N2O3. The summed E-state index contributed by atoms with van der Waals surface area (Å²) in [4.78, 5) is 26.9. The molecule has 2 fully saturated rings. The van der Waals surface area contributed by atoms with Gasteiger partial charge < -0.3 is 14.9 Å². The molecule has 0 radical (unpaired) electrons. The van der Waals surface area contributed by atoms with Gasteiger partial charge >= 0.3 is 12.0 Å². The molecule has 2 rings (SSSR count). The molecule has 0 aromatic rings. The highest BCUT2D eigenvalue weighted by atomic mass is 16.4. The van der Waals surface area contributed by atoms with Crippen molar-refractivity contribution < 1.29 is 14.7 Å². The van der Waals surface area contributed by atoms with Gasteiger partial charge in [-0.25, -0.2) is 9.59 Å². The Morgan fingerprint density at radius 2 is 1.63 bits per heavy atom.